The van der Waals surface area contributed by atoms with Gasteiger partial charge in [-0.1, -0.05) is 18.3 Å². The summed E-state index contributed by atoms with van der Waals surface area (Å²) in [5.74, 6) is 0.00150. The van der Waals surface area contributed by atoms with Crippen LogP contribution in [0.1, 0.15) is 31.7 Å². The summed E-state index contributed by atoms with van der Waals surface area (Å²) in [6, 6.07) is 0. The maximum atomic E-state index is 11.9. The number of aromatic nitrogens is 2. The van der Waals surface area contributed by atoms with Crippen molar-refractivity contribution in [3.63, 3.8) is 0 Å². The third kappa shape index (κ3) is 4.81. The SMILES string of the molecule is CCc1nnc(NC(=O)CCN2CCCOC(C)C2)s1. The predicted molar refractivity (Wildman–Crippen MR) is 79.0 cm³/mol. The summed E-state index contributed by atoms with van der Waals surface area (Å²) in [6.45, 7) is 7.57. The van der Waals surface area contributed by atoms with Crippen LogP contribution in [0.2, 0.25) is 0 Å². The Hall–Kier alpha value is -1.05. The molecular formula is C13H22N4O2S. The van der Waals surface area contributed by atoms with Gasteiger partial charge in [0.05, 0.1) is 6.10 Å². The number of nitrogens with zero attached hydrogens (tertiary/aromatic N) is 3. The van der Waals surface area contributed by atoms with Crippen molar-refractivity contribution in [2.24, 2.45) is 0 Å². The van der Waals surface area contributed by atoms with Gasteiger partial charge in [-0.25, -0.2) is 0 Å². The largest absolute Gasteiger partial charge is 0.377 e. The lowest BCUT2D eigenvalue weighted by atomic mass is 10.3. The van der Waals surface area contributed by atoms with E-state index in [4.69, 9.17) is 4.74 Å². The minimum Gasteiger partial charge on any atom is -0.377 e. The van der Waals surface area contributed by atoms with Gasteiger partial charge >= 0.3 is 0 Å². The Kier molecular flexibility index (Phi) is 5.87. The van der Waals surface area contributed by atoms with E-state index in [1.165, 1.54) is 11.3 Å². The summed E-state index contributed by atoms with van der Waals surface area (Å²) in [4.78, 5) is 14.2. The first-order valence-corrected chi connectivity index (χ1v) is 7.95. The van der Waals surface area contributed by atoms with Crippen LogP contribution >= 0.6 is 11.3 Å². The first-order chi connectivity index (χ1) is 9.67. The molecule has 1 aliphatic rings. The molecule has 1 aliphatic heterocycles. The third-order valence-electron chi connectivity index (χ3n) is 3.21. The molecule has 20 heavy (non-hydrogen) atoms. The van der Waals surface area contributed by atoms with Crippen molar-refractivity contribution in [3.8, 4) is 0 Å². The maximum absolute atomic E-state index is 11.9. The standard InChI is InChI=1S/C13H22N4O2S/c1-3-12-15-16-13(20-12)14-11(18)5-7-17-6-4-8-19-10(2)9-17/h10H,3-9H2,1-2H3,(H,14,16,18). The molecule has 1 atom stereocenters. The van der Waals surface area contributed by atoms with Crippen LogP contribution in [0.25, 0.3) is 0 Å². The highest BCUT2D eigenvalue weighted by Gasteiger charge is 2.16. The number of carbonyl (C=O) groups excluding carboxylic acids is 1. The molecule has 1 unspecified atom stereocenters. The molecule has 1 fully saturated rings. The van der Waals surface area contributed by atoms with Gasteiger partial charge in [-0.3, -0.25) is 4.79 Å². The van der Waals surface area contributed by atoms with E-state index in [1.54, 1.807) is 0 Å². The zero-order valence-corrected chi connectivity index (χ0v) is 12.9. The van der Waals surface area contributed by atoms with Crippen LogP contribution in [0.3, 0.4) is 0 Å². The molecule has 0 radical (unpaired) electrons. The molecule has 1 amide bonds. The summed E-state index contributed by atoms with van der Waals surface area (Å²) in [7, 11) is 0. The molecule has 2 rings (SSSR count). The van der Waals surface area contributed by atoms with Gasteiger partial charge in [-0.2, -0.15) is 0 Å². The third-order valence-corrected chi connectivity index (χ3v) is 4.19. The second kappa shape index (κ2) is 7.66. The summed E-state index contributed by atoms with van der Waals surface area (Å²) in [5.41, 5.74) is 0. The van der Waals surface area contributed by atoms with Gasteiger partial charge < -0.3 is 15.0 Å². The summed E-state index contributed by atoms with van der Waals surface area (Å²) >= 11 is 1.44. The Labute approximate surface area is 123 Å². The van der Waals surface area contributed by atoms with Crippen molar-refractivity contribution < 1.29 is 9.53 Å². The van der Waals surface area contributed by atoms with E-state index in [9.17, 15) is 4.79 Å². The van der Waals surface area contributed by atoms with Gasteiger partial charge in [0.25, 0.3) is 0 Å². The minimum absolute atomic E-state index is 0.00150. The predicted octanol–water partition coefficient (Wildman–Crippen LogP) is 1.54. The summed E-state index contributed by atoms with van der Waals surface area (Å²) in [6.07, 6.45) is 2.60. The molecule has 1 saturated heterocycles. The van der Waals surface area contributed by atoms with E-state index in [-0.39, 0.29) is 12.0 Å². The fourth-order valence-corrected chi connectivity index (χ4v) is 2.87. The quantitative estimate of drug-likeness (QED) is 0.893. The van der Waals surface area contributed by atoms with E-state index in [2.05, 4.69) is 27.3 Å². The molecule has 0 saturated carbocycles. The maximum Gasteiger partial charge on any atom is 0.227 e. The minimum atomic E-state index is 0.00150. The Balaban J connectivity index is 1.74. The zero-order valence-electron chi connectivity index (χ0n) is 12.1. The highest BCUT2D eigenvalue weighted by atomic mass is 32.1. The Bertz CT molecular complexity index is 438. The first-order valence-electron chi connectivity index (χ1n) is 7.13. The molecule has 7 heteroatoms. The number of anilines is 1. The fourth-order valence-electron chi connectivity index (χ4n) is 2.17. The molecule has 112 valence electrons. The van der Waals surface area contributed by atoms with E-state index in [0.717, 1.165) is 44.1 Å². The topological polar surface area (TPSA) is 67.4 Å². The lowest BCUT2D eigenvalue weighted by molar-refractivity contribution is -0.116. The average molecular weight is 298 g/mol. The molecule has 0 spiro atoms. The zero-order chi connectivity index (χ0) is 14.4. The Morgan fingerprint density at radius 3 is 3.15 bits per heavy atom. The number of hydrogen-bond acceptors (Lipinski definition) is 6. The van der Waals surface area contributed by atoms with Crippen molar-refractivity contribution in [3.05, 3.63) is 5.01 Å². The summed E-state index contributed by atoms with van der Waals surface area (Å²) < 4.78 is 5.59. The van der Waals surface area contributed by atoms with E-state index >= 15 is 0 Å². The van der Waals surface area contributed by atoms with Gasteiger partial charge in [-0.05, 0) is 19.8 Å². The number of carbonyl (C=O) groups is 1. The van der Waals surface area contributed by atoms with Crippen LogP contribution < -0.4 is 5.32 Å². The number of amides is 1. The van der Waals surface area contributed by atoms with Crippen LogP contribution in [-0.4, -0.2) is 53.3 Å². The normalized spacial score (nSPS) is 20.6. The number of aryl methyl sites for hydroxylation is 1. The molecule has 1 N–H and O–H groups in total. The van der Waals surface area contributed by atoms with Gasteiger partial charge in [0, 0.05) is 32.7 Å². The molecule has 6 nitrogen and oxygen atoms in total. The monoisotopic (exact) mass is 298 g/mol. The molecular weight excluding hydrogens is 276 g/mol. The van der Waals surface area contributed by atoms with Crippen LogP contribution in [0.15, 0.2) is 0 Å². The smallest absolute Gasteiger partial charge is 0.227 e. The Morgan fingerprint density at radius 2 is 2.40 bits per heavy atom. The van der Waals surface area contributed by atoms with Gasteiger partial charge in [0.15, 0.2) is 0 Å². The van der Waals surface area contributed by atoms with E-state index in [1.807, 2.05) is 6.92 Å². The second-order valence-electron chi connectivity index (χ2n) is 4.99. The fraction of sp³-hybridized carbons (Fsp3) is 0.769. The molecule has 0 aromatic carbocycles. The van der Waals surface area contributed by atoms with Gasteiger partial charge in [-0.15, -0.1) is 10.2 Å². The summed E-state index contributed by atoms with van der Waals surface area (Å²) in [5, 5.41) is 12.3. The van der Waals surface area contributed by atoms with Crippen LogP contribution in [0, 0.1) is 0 Å². The van der Waals surface area contributed by atoms with Crippen LogP contribution in [0.5, 0.6) is 0 Å². The van der Waals surface area contributed by atoms with Gasteiger partial charge in [0.1, 0.15) is 5.01 Å². The second-order valence-corrected chi connectivity index (χ2v) is 6.05. The first kappa shape index (κ1) is 15.3. The molecule has 2 heterocycles. The van der Waals surface area contributed by atoms with Crippen molar-refractivity contribution in [2.75, 3.05) is 31.6 Å². The Morgan fingerprint density at radius 1 is 1.55 bits per heavy atom. The lowest BCUT2D eigenvalue weighted by Gasteiger charge is -2.21. The number of ether oxygens (including phenoxy) is 1. The van der Waals surface area contributed by atoms with Crippen molar-refractivity contribution >= 4 is 22.4 Å². The average Bonchev–Trinajstić information content (AvgIpc) is 2.77. The highest BCUT2D eigenvalue weighted by molar-refractivity contribution is 7.15. The number of nitrogens with one attached hydrogen (secondary N) is 1. The van der Waals surface area contributed by atoms with Crippen molar-refractivity contribution in [2.45, 2.75) is 39.2 Å². The van der Waals surface area contributed by atoms with Crippen molar-refractivity contribution in [1.82, 2.24) is 15.1 Å². The molecule has 0 bridgehead atoms. The van der Waals surface area contributed by atoms with E-state index in [0.29, 0.717) is 11.6 Å². The highest BCUT2D eigenvalue weighted by Crippen LogP contribution is 2.15. The molecule has 1 aromatic heterocycles. The van der Waals surface area contributed by atoms with Gasteiger partial charge in [0.2, 0.25) is 11.0 Å². The molecule has 1 aromatic rings. The number of hydrogen-bond donors (Lipinski definition) is 1. The van der Waals surface area contributed by atoms with Crippen LogP contribution in [-0.2, 0) is 16.0 Å². The van der Waals surface area contributed by atoms with Crippen molar-refractivity contribution in [1.29, 1.82) is 0 Å². The number of rotatable bonds is 5. The van der Waals surface area contributed by atoms with E-state index < -0.39 is 0 Å². The van der Waals surface area contributed by atoms with Crippen LogP contribution in [0.4, 0.5) is 5.13 Å². The molecule has 0 aliphatic carbocycles. The lowest BCUT2D eigenvalue weighted by Crippen LogP contribution is -2.33.